The molecule has 1 heterocycles. The van der Waals surface area contributed by atoms with Crippen molar-refractivity contribution in [1.29, 1.82) is 0 Å². The normalized spacial score (nSPS) is 12.5. The van der Waals surface area contributed by atoms with Gasteiger partial charge in [0.1, 0.15) is 4.88 Å². The lowest BCUT2D eigenvalue weighted by molar-refractivity contribution is 0.0957. The summed E-state index contributed by atoms with van der Waals surface area (Å²) < 4.78 is 3.61. The highest BCUT2D eigenvalue weighted by molar-refractivity contribution is 9.09. The fraction of sp³-hybridized carbons (Fsp3) is 0.571. The van der Waals surface area contributed by atoms with Crippen molar-refractivity contribution in [3.63, 3.8) is 0 Å². The third-order valence-electron chi connectivity index (χ3n) is 1.51. The minimum Gasteiger partial charge on any atom is -0.350 e. The van der Waals surface area contributed by atoms with Crippen molar-refractivity contribution in [2.45, 2.75) is 18.2 Å². The van der Waals surface area contributed by atoms with Crippen LogP contribution >= 0.6 is 27.5 Å². The number of carbonyl (C=O) groups excluding carboxylic acids is 1. The van der Waals surface area contributed by atoms with E-state index in [0.29, 0.717) is 16.2 Å². The van der Waals surface area contributed by atoms with Crippen LogP contribution < -0.4 is 5.32 Å². The van der Waals surface area contributed by atoms with E-state index in [2.05, 4.69) is 37.8 Å². The summed E-state index contributed by atoms with van der Waals surface area (Å²) >= 11 is 4.53. The zero-order valence-corrected chi connectivity index (χ0v) is 9.56. The van der Waals surface area contributed by atoms with E-state index in [4.69, 9.17) is 0 Å². The Morgan fingerprint density at radius 2 is 2.62 bits per heavy atom. The molecule has 0 saturated heterocycles. The molecule has 0 aromatic carbocycles. The monoisotopic (exact) mass is 263 g/mol. The summed E-state index contributed by atoms with van der Waals surface area (Å²) in [6.45, 7) is 2.69. The van der Waals surface area contributed by atoms with Crippen molar-refractivity contribution in [2.75, 3.05) is 6.54 Å². The Morgan fingerprint density at radius 1 is 1.85 bits per heavy atom. The van der Waals surface area contributed by atoms with Crippen molar-refractivity contribution >= 4 is 33.4 Å². The van der Waals surface area contributed by atoms with Gasteiger partial charge in [0.2, 0.25) is 0 Å². The lowest BCUT2D eigenvalue weighted by Gasteiger charge is -2.06. The van der Waals surface area contributed by atoms with Gasteiger partial charge in [-0.25, -0.2) is 0 Å². The summed E-state index contributed by atoms with van der Waals surface area (Å²) in [5.74, 6) is -0.104. The fourth-order valence-corrected chi connectivity index (χ4v) is 1.30. The van der Waals surface area contributed by atoms with Crippen LogP contribution in [0, 0.1) is 0 Å². The molecule has 13 heavy (non-hydrogen) atoms. The Kier molecular flexibility index (Phi) is 4.31. The van der Waals surface area contributed by atoms with E-state index in [0.717, 1.165) is 18.0 Å². The average Bonchev–Trinajstić information content (AvgIpc) is 2.66. The van der Waals surface area contributed by atoms with Crippen LogP contribution in [0.2, 0.25) is 0 Å². The molecule has 1 atom stereocenters. The lowest BCUT2D eigenvalue weighted by atomic mass is 10.3. The molecule has 6 heteroatoms. The number of hydrogen-bond acceptors (Lipinski definition) is 4. The second-order valence-corrected chi connectivity index (χ2v) is 4.58. The van der Waals surface area contributed by atoms with E-state index < -0.39 is 0 Å². The SMILES string of the molecule is CCC(Br)CNC(=O)c1cnns1. The van der Waals surface area contributed by atoms with Gasteiger partial charge in [0.25, 0.3) is 5.91 Å². The number of hydrogen-bond donors (Lipinski definition) is 1. The summed E-state index contributed by atoms with van der Waals surface area (Å²) in [5, 5.41) is 6.37. The van der Waals surface area contributed by atoms with E-state index in [-0.39, 0.29) is 5.91 Å². The first-order chi connectivity index (χ1) is 6.24. The molecule has 1 aromatic heterocycles. The molecular weight excluding hydrogens is 254 g/mol. The van der Waals surface area contributed by atoms with Gasteiger partial charge in [-0.2, -0.15) is 0 Å². The van der Waals surface area contributed by atoms with Gasteiger partial charge in [0, 0.05) is 11.4 Å². The highest BCUT2D eigenvalue weighted by Gasteiger charge is 2.09. The van der Waals surface area contributed by atoms with E-state index in [9.17, 15) is 4.79 Å². The quantitative estimate of drug-likeness (QED) is 0.837. The number of halogens is 1. The standard InChI is InChI=1S/C7H10BrN3OS/c1-2-5(8)3-9-7(12)6-4-10-11-13-6/h4-5H,2-3H2,1H3,(H,9,12). The predicted octanol–water partition coefficient (Wildman–Crippen LogP) is 1.44. The maximum Gasteiger partial charge on any atom is 0.264 e. The molecule has 0 aliphatic rings. The van der Waals surface area contributed by atoms with E-state index in [1.807, 2.05) is 0 Å². The molecule has 0 aliphatic carbocycles. The Morgan fingerprint density at radius 3 is 3.15 bits per heavy atom. The van der Waals surface area contributed by atoms with Crippen LogP contribution in [0.1, 0.15) is 23.0 Å². The number of nitrogens with one attached hydrogen (secondary N) is 1. The van der Waals surface area contributed by atoms with Gasteiger partial charge >= 0.3 is 0 Å². The number of rotatable bonds is 4. The van der Waals surface area contributed by atoms with Gasteiger partial charge in [-0.05, 0) is 18.0 Å². The van der Waals surface area contributed by atoms with E-state index in [1.165, 1.54) is 6.20 Å². The van der Waals surface area contributed by atoms with E-state index in [1.54, 1.807) is 0 Å². The summed E-state index contributed by atoms with van der Waals surface area (Å²) in [7, 11) is 0. The molecule has 1 amide bonds. The molecule has 0 radical (unpaired) electrons. The van der Waals surface area contributed by atoms with Crippen LogP contribution in [0.5, 0.6) is 0 Å². The number of nitrogens with zero attached hydrogens (tertiary/aromatic N) is 2. The van der Waals surface area contributed by atoms with Gasteiger partial charge in [-0.3, -0.25) is 4.79 Å². The predicted molar refractivity (Wildman–Crippen MR) is 55.2 cm³/mol. The molecule has 0 spiro atoms. The highest BCUT2D eigenvalue weighted by atomic mass is 79.9. The van der Waals surface area contributed by atoms with Crippen molar-refractivity contribution < 1.29 is 4.79 Å². The maximum absolute atomic E-state index is 11.3. The summed E-state index contributed by atoms with van der Waals surface area (Å²) in [4.78, 5) is 12.2. The second-order valence-electron chi connectivity index (χ2n) is 2.50. The second kappa shape index (κ2) is 5.29. The Hall–Kier alpha value is -0.490. The van der Waals surface area contributed by atoms with Crippen molar-refractivity contribution in [3.05, 3.63) is 11.1 Å². The number of carbonyl (C=O) groups is 1. The minimum absolute atomic E-state index is 0.104. The Balaban J connectivity index is 2.35. The van der Waals surface area contributed by atoms with Crippen LogP contribution in [0.4, 0.5) is 0 Å². The van der Waals surface area contributed by atoms with Crippen LogP contribution in [-0.2, 0) is 0 Å². The van der Waals surface area contributed by atoms with Gasteiger partial charge in [-0.1, -0.05) is 27.3 Å². The molecule has 0 saturated carbocycles. The van der Waals surface area contributed by atoms with Crippen LogP contribution in [0.25, 0.3) is 0 Å². The Labute approximate surface area is 89.0 Å². The van der Waals surface area contributed by atoms with Crippen molar-refractivity contribution in [3.8, 4) is 0 Å². The summed E-state index contributed by atoms with van der Waals surface area (Å²) in [5.41, 5.74) is 0. The first-order valence-corrected chi connectivity index (χ1v) is 5.62. The minimum atomic E-state index is -0.104. The van der Waals surface area contributed by atoms with Crippen molar-refractivity contribution in [2.24, 2.45) is 0 Å². The largest absolute Gasteiger partial charge is 0.350 e. The smallest absolute Gasteiger partial charge is 0.264 e. The molecule has 1 rings (SSSR count). The molecule has 1 unspecified atom stereocenters. The topological polar surface area (TPSA) is 54.9 Å². The zero-order valence-electron chi connectivity index (χ0n) is 7.16. The molecule has 0 aliphatic heterocycles. The lowest BCUT2D eigenvalue weighted by Crippen LogP contribution is -2.28. The first-order valence-electron chi connectivity index (χ1n) is 3.93. The molecule has 0 fully saturated rings. The number of amides is 1. The summed E-state index contributed by atoms with van der Waals surface area (Å²) in [6.07, 6.45) is 2.45. The van der Waals surface area contributed by atoms with Crippen LogP contribution in [0.15, 0.2) is 6.20 Å². The van der Waals surface area contributed by atoms with E-state index >= 15 is 0 Å². The third-order valence-corrected chi connectivity index (χ3v) is 3.15. The maximum atomic E-state index is 11.3. The molecule has 1 N–H and O–H groups in total. The summed E-state index contributed by atoms with van der Waals surface area (Å²) in [6, 6.07) is 0. The van der Waals surface area contributed by atoms with Gasteiger partial charge in [-0.15, -0.1) is 5.10 Å². The van der Waals surface area contributed by atoms with Crippen molar-refractivity contribution in [1.82, 2.24) is 14.9 Å². The Bertz CT molecular complexity index is 265. The third kappa shape index (κ3) is 3.40. The molecular formula is C7H10BrN3OS. The van der Waals surface area contributed by atoms with Gasteiger partial charge in [0.05, 0.1) is 6.20 Å². The fourth-order valence-electron chi connectivity index (χ4n) is 0.702. The number of aromatic nitrogens is 2. The highest BCUT2D eigenvalue weighted by Crippen LogP contribution is 2.04. The van der Waals surface area contributed by atoms with Crippen LogP contribution in [0.3, 0.4) is 0 Å². The zero-order chi connectivity index (χ0) is 9.68. The van der Waals surface area contributed by atoms with Gasteiger partial charge in [0.15, 0.2) is 0 Å². The molecule has 4 nitrogen and oxygen atoms in total. The number of alkyl halides is 1. The first kappa shape index (κ1) is 10.6. The molecule has 1 aromatic rings. The molecule has 72 valence electrons. The molecule has 0 bridgehead atoms. The van der Waals surface area contributed by atoms with Gasteiger partial charge < -0.3 is 5.32 Å². The van der Waals surface area contributed by atoms with Crippen LogP contribution in [-0.4, -0.2) is 26.9 Å². The average molecular weight is 264 g/mol.